The molecule has 4 N–H and O–H groups in total. The van der Waals surface area contributed by atoms with Crippen LogP contribution in [0.2, 0.25) is 0 Å². The van der Waals surface area contributed by atoms with Gasteiger partial charge in [-0.15, -0.1) is 0 Å². The van der Waals surface area contributed by atoms with Gasteiger partial charge in [0.2, 0.25) is 5.91 Å². The third kappa shape index (κ3) is 3.85. The van der Waals surface area contributed by atoms with Gasteiger partial charge in [-0.05, 0) is 44.7 Å². The van der Waals surface area contributed by atoms with Crippen LogP contribution in [0.15, 0.2) is 30.3 Å². The standard InChI is InChI=1S/C19H26N4O2/c1-12(20)19(25)23-9-7-14(8-10-23)13(2)21-18(24)17-11-15-5-3-4-6-16(15)22-17/h3-6,11-14,22H,7-10,20H2,1-2H3,(H,21,24). The van der Waals surface area contributed by atoms with Crippen molar-refractivity contribution >= 4 is 22.7 Å². The topological polar surface area (TPSA) is 91.2 Å². The van der Waals surface area contributed by atoms with Crippen molar-refractivity contribution in [3.05, 3.63) is 36.0 Å². The van der Waals surface area contributed by atoms with Gasteiger partial charge in [-0.3, -0.25) is 9.59 Å². The van der Waals surface area contributed by atoms with Crippen LogP contribution in [0.4, 0.5) is 0 Å². The monoisotopic (exact) mass is 342 g/mol. The number of aromatic amines is 1. The summed E-state index contributed by atoms with van der Waals surface area (Å²) in [6.45, 7) is 5.17. The lowest BCUT2D eigenvalue weighted by molar-refractivity contribution is -0.133. The third-order valence-corrected chi connectivity index (χ3v) is 5.08. The van der Waals surface area contributed by atoms with Crippen molar-refractivity contribution in [1.29, 1.82) is 0 Å². The summed E-state index contributed by atoms with van der Waals surface area (Å²) in [5, 5.41) is 4.13. The van der Waals surface area contributed by atoms with Gasteiger partial charge in [0.15, 0.2) is 0 Å². The molecule has 0 spiro atoms. The summed E-state index contributed by atoms with van der Waals surface area (Å²) in [4.78, 5) is 29.4. The fourth-order valence-corrected chi connectivity index (χ4v) is 3.51. The van der Waals surface area contributed by atoms with Gasteiger partial charge in [0.1, 0.15) is 5.69 Å². The summed E-state index contributed by atoms with van der Waals surface area (Å²) in [6.07, 6.45) is 1.76. The number of benzene rings is 1. The number of hydrogen-bond donors (Lipinski definition) is 3. The normalized spacial score (nSPS) is 18.1. The van der Waals surface area contributed by atoms with E-state index in [1.807, 2.05) is 42.2 Å². The van der Waals surface area contributed by atoms with Crippen LogP contribution in [0, 0.1) is 5.92 Å². The van der Waals surface area contributed by atoms with Gasteiger partial charge in [-0.1, -0.05) is 18.2 Å². The molecule has 6 nitrogen and oxygen atoms in total. The minimum absolute atomic E-state index is 0.00761. The Morgan fingerprint density at radius 3 is 2.56 bits per heavy atom. The summed E-state index contributed by atoms with van der Waals surface area (Å²) in [5.74, 6) is 0.288. The Labute approximate surface area is 147 Å². The van der Waals surface area contributed by atoms with Crippen LogP contribution >= 0.6 is 0 Å². The molecule has 1 fully saturated rings. The quantitative estimate of drug-likeness (QED) is 0.792. The van der Waals surface area contributed by atoms with E-state index in [0.717, 1.165) is 23.7 Å². The summed E-state index contributed by atoms with van der Waals surface area (Å²) in [5.41, 5.74) is 7.21. The number of carbonyl (C=O) groups is 2. The van der Waals surface area contributed by atoms with E-state index >= 15 is 0 Å². The Bertz CT molecular complexity index is 727. The number of nitrogens with one attached hydrogen (secondary N) is 2. The molecule has 134 valence electrons. The van der Waals surface area contributed by atoms with Crippen molar-refractivity contribution in [2.24, 2.45) is 11.7 Å². The number of aromatic nitrogens is 1. The van der Waals surface area contributed by atoms with Crippen LogP contribution in [0.1, 0.15) is 37.2 Å². The number of fused-ring (bicyclic) bond motifs is 1. The fourth-order valence-electron chi connectivity index (χ4n) is 3.51. The van der Waals surface area contributed by atoms with E-state index in [0.29, 0.717) is 24.7 Å². The highest BCUT2D eigenvalue weighted by Crippen LogP contribution is 2.22. The van der Waals surface area contributed by atoms with E-state index in [1.54, 1.807) is 6.92 Å². The number of carbonyl (C=O) groups excluding carboxylic acids is 2. The molecule has 0 bridgehead atoms. The molecule has 1 aliphatic heterocycles. The number of piperidine rings is 1. The number of H-pyrrole nitrogens is 1. The van der Waals surface area contributed by atoms with E-state index in [1.165, 1.54) is 0 Å². The molecule has 3 rings (SSSR count). The molecular formula is C19H26N4O2. The molecular weight excluding hydrogens is 316 g/mol. The Balaban J connectivity index is 1.56. The van der Waals surface area contributed by atoms with Gasteiger partial charge in [0.05, 0.1) is 6.04 Å². The maximum atomic E-state index is 12.5. The summed E-state index contributed by atoms with van der Waals surface area (Å²) in [6, 6.07) is 9.33. The molecule has 1 aromatic carbocycles. The van der Waals surface area contributed by atoms with Crippen LogP contribution in [-0.2, 0) is 4.79 Å². The van der Waals surface area contributed by atoms with Crippen molar-refractivity contribution < 1.29 is 9.59 Å². The molecule has 1 aliphatic rings. The predicted molar refractivity (Wildman–Crippen MR) is 98.2 cm³/mol. The molecule has 1 aromatic heterocycles. The highest BCUT2D eigenvalue weighted by Gasteiger charge is 2.28. The summed E-state index contributed by atoms with van der Waals surface area (Å²) >= 11 is 0. The van der Waals surface area contributed by atoms with Gasteiger partial charge < -0.3 is 20.9 Å². The molecule has 0 saturated carbocycles. The van der Waals surface area contributed by atoms with Crippen molar-refractivity contribution in [3.63, 3.8) is 0 Å². The second-order valence-electron chi connectivity index (χ2n) is 6.98. The smallest absolute Gasteiger partial charge is 0.267 e. The second kappa shape index (κ2) is 7.27. The third-order valence-electron chi connectivity index (χ3n) is 5.08. The van der Waals surface area contributed by atoms with Gasteiger partial charge in [0, 0.05) is 30.0 Å². The SMILES string of the molecule is CC(N)C(=O)N1CCC(C(C)NC(=O)c2cc3ccccc3[nH]2)CC1. The Hall–Kier alpha value is -2.34. The van der Waals surface area contributed by atoms with Gasteiger partial charge in [0.25, 0.3) is 5.91 Å². The van der Waals surface area contributed by atoms with Crippen LogP contribution in [0.5, 0.6) is 0 Å². The number of rotatable bonds is 4. The molecule has 0 aliphatic carbocycles. The molecule has 0 radical (unpaired) electrons. The Kier molecular flexibility index (Phi) is 5.08. The van der Waals surface area contributed by atoms with E-state index < -0.39 is 6.04 Å². The minimum atomic E-state index is -0.448. The fraction of sp³-hybridized carbons (Fsp3) is 0.474. The van der Waals surface area contributed by atoms with Crippen LogP contribution in [0.3, 0.4) is 0 Å². The van der Waals surface area contributed by atoms with Crippen LogP contribution in [-0.4, -0.2) is 46.9 Å². The molecule has 6 heteroatoms. The lowest BCUT2D eigenvalue weighted by Crippen LogP contribution is -2.49. The predicted octanol–water partition coefficient (Wildman–Crippen LogP) is 1.87. The molecule has 2 amide bonds. The highest BCUT2D eigenvalue weighted by molar-refractivity contribution is 5.98. The lowest BCUT2D eigenvalue weighted by atomic mass is 9.90. The number of nitrogens with zero attached hydrogens (tertiary/aromatic N) is 1. The molecule has 2 unspecified atom stereocenters. The summed E-state index contributed by atoms with van der Waals surface area (Å²) in [7, 11) is 0. The van der Waals surface area contributed by atoms with E-state index in [2.05, 4.69) is 10.3 Å². The number of para-hydroxylation sites is 1. The molecule has 1 saturated heterocycles. The number of likely N-dealkylation sites (tertiary alicyclic amines) is 1. The maximum Gasteiger partial charge on any atom is 0.267 e. The first-order valence-electron chi connectivity index (χ1n) is 8.88. The molecule has 2 heterocycles. The van der Waals surface area contributed by atoms with Gasteiger partial charge in [-0.25, -0.2) is 0 Å². The zero-order valence-corrected chi connectivity index (χ0v) is 14.8. The lowest BCUT2D eigenvalue weighted by Gasteiger charge is -2.35. The first-order valence-corrected chi connectivity index (χ1v) is 8.88. The zero-order chi connectivity index (χ0) is 18.0. The van der Waals surface area contributed by atoms with Crippen molar-refractivity contribution in [1.82, 2.24) is 15.2 Å². The maximum absolute atomic E-state index is 12.5. The van der Waals surface area contributed by atoms with Gasteiger partial charge in [-0.2, -0.15) is 0 Å². The van der Waals surface area contributed by atoms with Crippen molar-refractivity contribution in [3.8, 4) is 0 Å². The average Bonchev–Trinajstić information content (AvgIpc) is 3.05. The first-order chi connectivity index (χ1) is 12.0. The second-order valence-corrected chi connectivity index (χ2v) is 6.98. The number of hydrogen-bond acceptors (Lipinski definition) is 3. The number of amides is 2. The van der Waals surface area contributed by atoms with Gasteiger partial charge >= 0.3 is 0 Å². The largest absolute Gasteiger partial charge is 0.351 e. The minimum Gasteiger partial charge on any atom is -0.351 e. The zero-order valence-electron chi connectivity index (χ0n) is 14.8. The highest BCUT2D eigenvalue weighted by atomic mass is 16.2. The van der Waals surface area contributed by atoms with E-state index in [9.17, 15) is 9.59 Å². The van der Waals surface area contributed by atoms with E-state index in [-0.39, 0.29) is 17.9 Å². The molecule has 25 heavy (non-hydrogen) atoms. The Morgan fingerprint density at radius 1 is 1.24 bits per heavy atom. The molecule has 2 aromatic rings. The van der Waals surface area contributed by atoms with Crippen LogP contribution < -0.4 is 11.1 Å². The van der Waals surface area contributed by atoms with Crippen molar-refractivity contribution in [2.45, 2.75) is 38.8 Å². The molecule has 2 atom stereocenters. The average molecular weight is 342 g/mol. The summed E-state index contributed by atoms with van der Waals surface area (Å²) < 4.78 is 0. The number of nitrogens with two attached hydrogens (primary N) is 1. The van der Waals surface area contributed by atoms with Crippen molar-refractivity contribution in [2.75, 3.05) is 13.1 Å². The van der Waals surface area contributed by atoms with Crippen LogP contribution in [0.25, 0.3) is 10.9 Å². The van der Waals surface area contributed by atoms with E-state index in [4.69, 9.17) is 5.73 Å². The first kappa shape index (κ1) is 17.5. The Morgan fingerprint density at radius 2 is 1.92 bits per heavy atom.